The van der Waals surface area contributed by atoms with Crippen molar-refractivity contribution >= 4 is 22.9 Å². The van der Waals surface area contributed by atoms with Gasteiger partial charge in [-0.3, -0.25) is 9.36 Å². The normalized spacial score (nSPS) is 38.8. The van der Waals surface area contributed by atoms with E-state index in [4.69, 9.17) is 10.5 Å². The summed E-state index contributed by atoms with van der Waals surface area (Å²) >= 11 is 0. The molecule has 0 aromatic carbocycles. The number of anilines is 1. The van der Waals surface area contributed by atoms with Gasteiger partial charge >= 0.3 is 0 Å². The second-order valence-corrected chi connectivity index (χ2v) is 11.6. The van der Waals surface area contributed by atoms with Crippen molar-refractivity contribution in [2.75, 3.05) is 5.73 Å². The number of nitrogens with one attached hydrogen (secondary N) is 1. The minimum atomic E-state index is -1.42. The van der Waals surface area contributed by atoms with Crippen molar-refractivity contribution in [3.63, 3.8) is 0 Å². The number of nitrogens with two attached hydrogens (primary N) is 1. The number of hydrogen-bond acceptors (Lipinski definition) is 9. The Hall–Kier alpha value is -2.78. The van der Waals surface area contributed by atoms with Gasteiger partial charge in [-0.1, -0.05) is 26.7 Å². The number of hydrogen-bond donors (Lipinski definition) is 5. The average molecular weight is 497 g/mol. The maximum atomic E-state index is 12.5. The van der Waals surface area contributed by atoms with Gasteiger partial charge in [-0.15, -0.1) is 0 Å². The van der Waals surface area contributed by atoms with Gasteiger partial charge in [-0.05, 0) is 49.4 Å². The van der Waals surface area contributed by atoms with Gasteiger partial charge in [0.2, 0.25) is 5.82 Å². The molecule has 2 aromatic rings. The molecule has 6 N–H and O–H groups in total. The fourth-order valence-electron chi connectivity index (χ4n) is 6.42. The molecule has 3 unspecified atom stereocenters. The van der Waals surface area contributed by atoms with Gasteiger partial charge in [0.05, 0.1) is 6.33 Å². The van der Waals surface area contributed by atoms with Gasteiger partial charge in [0.1, 0.15) is 23.3 Å². The van der Waals surface area contributed by atoms with E-state index in [0.717, 1.165) is 25.7 Å². The number of rotatable bonds is 3. The zero-order valence-corrected chi connectivity index (χ0v) is 20.6. The number of aliphatic hydroxyl groups is 3. The van der Waals surface area contributed by atoms with Gasteiger partial charge in [0, 0.05) is 11.5 Å². The molecule has 2 aromatic heterocycles. The molecule has 0 spiro atoms. The molecule has 3 heterocycles. The third-order valence-corrected chi connectivity index (χ3v) is 9.41. The number of aromatic nitrogens is 4. The Morgan fingerprint density at radius 2 is 1.97 bits per heavy atom. The number of carbonyl (C=O) groups excluding carboxylic acids is 1. The summed E-state index contributed by atoms with van der Waals surface area (Å²) in [4.78, 5) is 25.5. The Labute approximate surface area is 208 Å². The summed E-state index contributed by atoms with van der Waals surface area (Å²) in [6.07, 6.45) is 0.600. The van der Waals surface area contributed by atoms with E-state index in [2.05, 4.69) is 52.9 Å². The van der Waals surface area contributed by atoms with Crippen molar-refractivity contribution in [3.05, 3.63) is 12.2 Å². The van der Waals surface area contributed by atoms with Crippen LogP contribution in [0.15, 0.2) is 6.33 Å². The molecule has 192 valence electrons. The minimum absolute atomic E-state index is 0.0297. The smallest absolute Gasteiger partial charge is 0.252 e. The number of carbonyl (C=O) groups is 1. The molecule has 4 aliphatic rings. The predicted molar refractivity (Wildman–Crippen MR) is 128 cm³/mol. The van der Waals surface area contributed by atoms with E-state index in [-0.39, 0.29) is 39.7 Å². The largest absolute Gasteiger partial charge is 0.387 e. The molecular weight excluding hydrogens is 464 g/mol. The van der Waals surface area contributed by atoms with Gasteiger partial charge in [0.15, 0.2) is 23.8 Å². The maximum Gasteiger partial charge on any atom is 0.252 e. The molecule has 2 bridgehead atoms. The van der Waals surface area contributed by atoms with Crippen molar-refractivity contribution in [2.24, 2.45) is 16.7 Å². The van der Waals surface area contributed by atoms with Crippen molar-refractivity contribution in [1.82, 2.24) is 24.8 Å². The predicted octanol–water partition coefficient (Wildman–Crippen LogP) is 0.235. The number of ether oxygens (including phenoxy) is 1. The highest BCUT2D eigenvalue weighted by atomic mass is 16.6. The Balaban J connectivity index is 1.32. The van der Waals surface area contributed by atoms with Crippen LogP contribution in [-0.2, 0) is 9.53 Å². The second kappa shape index (κ2) is 7.61. The Morgan fingerprint density at radius 3 is 2.61 bits per heavy atom. The number of amides is 1. The highest BCUT2D eigenvalue weighted by Crippen LogP contribution is 2.69. The lowest BCUT2D eigenvalue weighted by Gasteiger charge is -2.42. The molecular formula is C25H32N6O5. The number of aliphatic hydroxyl groups excluding tert-OH is 2. The van der Waals surface area contributed by atoms with E-state index in [0.29, 0.717) is 12.3 Å². The molecule has 1 aliphatic heterocycles. The maximum absolute atomic E-state index is 12.5. The minimum Gasteiger partial charge on any atom is -0.387 e. The first kappa shape index (κ1) is 23.6. The summed E-state index contributed by atoms with van der Waals surface area (Å²) in [6, 6.07) is 0.0879. The molecule has 11 heteroatoms. The summed E-state index contributed by atoms with van der Waals surface area (Å²) in [5.41, 5.74) is 5.13. The zero-order chi connectivity index (χ0) is 25.6. The molecule has 3 aliphatic carbocycles. The zero-order valence-electron chi connectivity index (χ0n) is 20.6. The van der Waals surface area contributed by atoms with E-state index >= 15 is 0 Å². The van der Waals surface area contributed by atoms with Crippen molar-refractivity contribution < 1.29 is 24.9 Å². The summed E-state index contributed by atoms with van der Waals surface area (Å²) in [7, 11) is 0. The quantitative estimate of drug-likeness (QED) is 0.374. The summed E-state index contributed by atoms with van der Waals surface area (Å²) in [6.45, 7) is 6.49. The molecule has 4 fully saturated rings. The Kier molecular flexibility index (Phi) is 4.99. The fourth-order valence-corrected chi connectivity index (χ4v) is 6.42. The van der Waals surface area contributed by atoms with Crippen LogP contribution in [0, 0.1) is 28.6 Å². The first-order chi connectivity index (χ1) is 16.9. The molecule has 11 nitrogen and oxygen atoms in total. The molecule has 1 saturated heterocycles. The topological polar surface area (TPSA) is 169 Å². The number of nitrogen functional groups attached to an aromatic ring is 1. The van der Waals surface area contributed by atoms with Crippen LogP contribution in [0.25, 0.3) is 11.2 Å². The second-order valence-electron chi connectivity index (χ2n) is 11.6. The van der Waals surface area contributed by atoms with E-state index in [1.54, 1.807) is 0 Å². The average Bonchev–Trinajstić information content (AvgIpc) is 3.35. The van der Waals surface area contributed by atoms with Crippen molar-refractivity contribution in [1.29, 1.82) is 0 Å². The van der Waals surface area contributed by atoms with Gasteiger partial charge in [-0.25, -0.2) is 15.0 Å². The van der Waals surface area contributed by atoms with Crippen molar-refractivity contribution in [3.8, 4) is 11.8 Å². The fraction of sp³-hybridized carbons (Fsp3) is 0.680. The lowest BCUT2D eigenvalue weighted by Crippen LogP contribution is -2.46. The van der Waals surface area contributed by atoms with E-state index in [1.807, 2.05) is 0 Å². The molecule has 1 amide bonds. The standard InChI is InChI=1S/C25H32N6O5/c1-23(2)12-6-8-24(23,3)25(35,10-12)9-7-14-29-19(26)15-20(30-14)31(11-27-15)22-17(33)16(32)18(36-22)21(34)28-13-4-5-13/h11-13,16-18,22,32-33,35H,4-6,8,10H2,1-3H3,(H,28,34)(H2,26,29,30)/t12?,16-,17+,18-,22+,24?,25?/m0/s1. The van der Waals surface area contributed by atoms with E-state index in [1.165, 1.54) is 10.9 Å². The van der Waals surface area contributed by atoms with Crippen LogP contribution in [0.5, 0.6) is 0 Å². The lowest BCUT2D eigenvalue weighted by molar-refractivity contribution is -0.137. The summed E-state index contributed by atoms with van der Waals surface area (Å²) in [5.74, 6) is 6.12. The first-order valence-corrected chi connectivity index (χ1v) is 12.5. The molecule has 36 heavy (non-hydrogen) atoms. The highest BCUT2D eigenvalue weighted by molar-refractivity contribution is 5.83. The number of nitrogens with zero attached hydrogens (tertiary/aromatic N) is 4. The molecule has 3 saturated carbocycles. The van der Waals surface area contributed by atoms with Crippen LogP contribution in [0.1, 0.15) is 64.9 Å². The molecule has 7 atom stereocenters. The Bertz CT molecular complexity index is 1310. The van der Waals surface area contributed by atoms with Gasteiger partial charge in [0.25, 0.3) is 5.91 Å². The number of imidazole rings is 1. The van der Waals surface area contributed by atoms with Crippen LogP contribution in [0.2, 0.25) is 0 Å². The van der Waals surface area contributed by atoms with E-state index in [9.17, 15) is 20.1 Å². The monoisotopic (exact) mass is 496 g/mol. The van der Waals surface area contributed by atoms with E-state index < -0.39 is 36.0 Å². The number of fused-ring (bicyclic) bond motifs is 3. The third kappa shape index (κ3) is 3.21. The first-order valence-electron chi connectivity index (χ1n) is 12.5. The summed E-state index contributed by atoms with van der Waals surface area (Å²) < 4.78 is 7.19. The van der Waals surface area contributed by atoms with Crippen molar-refractivity contribution in [2.45, 2.75) is 89.1 Å². The van der Waals surface area contributed by atoms with Gasteiger partial charge < -0.3 is 31.1 Å². The summed E-state index contributed by atoms with van der Waals surface area (Å²) in [5, 5.41) is 35.5. The highest BCUT2D eigenvalue weighted by Gasteiger charge is 2.68. The van der Waals surface area contributed by atoms with Crippen LogP contribution >= 0.6 is 0 Å². The van der Waals surface area contributed by atoms with Crippen LogP contribution in [0.4, 0.5) is 5.82 Å². The third-order valence-electron chi connectivity index (χ3n) is 9.41. The molecule has 6 rings (SSSR count). The lowest BCUT2D eigenvalue weighted by atomic mass is 9.64. The molecule has 0 radical (unpaired) electrons. The van der Waals surface area contributed by atoms with Crippen LogP contribution in [0.3, 0.4) is 0 Å². The SMILES string of the molecule is CC1(C)C2CCC1(C)C(O)(C#Cc1nc(N)c3ncn([C@@H]4O[C@H](C(=O)NC5CC5)[C@@H](O)[C@H]4O)c3n1)C2. The Morgan fingerprint density at radius 1 is 1.22 bits per heavy atom. The van der Waals surface area contributed by atoms with Crippen LogP contribution < -0.4 is 11.1 Å². The van der Waals surface area contributed by atoms with Crippen LogP contribution in [-0.4, -0.2) is 70.7 Å². The van der Waals surface area contributed by atoms with Gasteiger partial charge in [-0.2, -0.15) is 0 Å².